The van der Waals surface area contributed by atoms with Gasteiger partial charge in [0.05, 0.1) is 0 Å². The van der Waals surface area contributed by atoms with Crippen molar-refractivity contribution in [3.05, 3.63) is 23.8 Å². The monoisotopic (exact) mass is 235 g/mol. The van der Waals surface area contributed by atoms with Gasteiger partial charge in [0.2, 0.25) is 0 Å². The minimum absolute atomic E-state index is 0.108. The summed E-state index contributed by atoms with van der Waals surface area (Å²) in [5.74, 6) is 1.79. The van der Waals surface area contributed by atoms with Gasteiger partial charge in [-0.15, -0.1) is 0 Å². The van der Waals surface area contributed by atoms with Crippen molar-refractivity contribution >= 4 is 0 Å². The van der Waals surface area contributed by atoms with Crippen LogP contribution < -0.4 is 14.8 Å². The number of rotatable bonds is 5. The molecule has 17 heavy (non-hydrogen) atoms. The lowest BCUT2D eigenvalue weighted by molar-refractivity contribution is 0.132. The molecule has 1 heterocycles. The topological polar surface area (TPSA) is 30.5 Å². The normalized spacial score (nSPS) is 16.4. The number of nitrogens with one attached hydrogen (secondary N) is 1. The summed E-state index contributed by atoms with van der Waals surface area (Å²) in [6.45, 7) is 8.81. The maximum absolute atomic E-state index is 5.94. The maximum atomic E-state index is 5.94. The van der Waals surface area contributed by atoms with E-state index in [0.717, 1.165) is 31.0 Å². The summed E-state index contributed by atoms with van der Waals surface area (Å²) in [7, 11) is 0. The fraction of sp³-hybridized carbons (Fsp3) is 0.571. The van der Waals surface area contributed by atoms with Crippen molar-refractivity contribution in [3.63, 3.8) is 0 Å². The summed E-state index contributed by atoms with van der Waals surface area (Å²) in [4.78, 5) is 0. The number of likely N-dealkylation sites (N-methyl/N-ethyl adjacent to an activating group) is 1. The van der Waals surface area contributed by atoms with E-state index >= 15 is 0 Å². The summed E-state index contributed by atoms with van der Waals surface area (Å²) in [6.07, 6.45) is 0.951. The Morgan fingerprint density at radius 1 is 1.41 bits per heavy atom. The van der Waals surface area contributed by atoms with Gasteiger partial charge in [0, 0.05) is 18.5 Å². The number of fused-ring (bicyclic) bond motifs is 1. The summed E-state index contributed by atoms with van der Waals surface area (Å²) >= 11 is 0. The van der Waals surface area contributed by atoms with Gasteiger partial charge in [-0.3, -0.25) is 0 Å². The first-order chi connectivity index (χ1) is 8.12. The molecule has 0 atom stereocenters. The molecule has 0 spiro atoms. The first kappa shape index (κ1) is 12.2. The van der Waals surface area contributed by atoms with Crippen LogP contribution in [0.25, 0.3) is 0 Å². The summed E-state index contributed by atoms with van der Waals surface area (Å²) < 4.78 is 11.7. The van der Waals surface area contributed by atoms with Crippen molar-refractivity contribution < 1.29 is 9.47 Å². The molecule has 0 saturated carbocycles. The predicted octanol–water partition coefficient (Wildman–Crippen LogP) is 2.39. The van der Waals surface area contributed by atoms with Crippen molar-refractivity contribution in [3.8, 4) is 11.5 Å². The molecule has 0 aliphatic carbocycles. The summed E-state index contributed by atoms with van der Waals surface area (Å²) in [5, 5.41) is 3.24. The van der Waals surface area contributed by atoms with E-state index in [0.29, 0.717) is 6.61 Å². The van der Waals surface area contributed by atoms with Crippen LogP contribution in [0.1, 0.15) is 26.3 Å². The van der Waals surface area contributed by atoms with Crippen molar-refractivity contribution in [2.45, 2.75) is 32.8 Å². The lowest BCUT2D eigenvalue weighted by atomic mass is 10.0. The lowest BCUT2D eigenvalue weighted by Crippen LogP contribution is -2.25. The van der Waals surface area contributed by atoms with Crippen LogP contribution in [0.15, 0.2) is 18.2 Å². The van der Waals surface area contributed by atoms with Gasteiger partial charge in [-0.25, -0.2) is 0 Å². The van der Waals surface area contributed by atoms with Gasteiger partial charge in [-0.2, -0.15) is 0 Å². The second kappa shape index (κ2) is 4.96. The smallest absolute Gasteiger partial charge is 0.165 e. The Morgan fingerprint density at radius 3 is 3.00 bits per heavy atom. The van der Waals surface area contributed by atoms with Gasteiger partial charge in [-0.05, 0) is 26.5 Å². The quantitative estimate of drug-likeness (QED) is 0.795. The molecule has 3 nitrogen and oxygen atoms in total. The first-order valence-electron chi connectivity index (χ1n) is 6.27. The van der Waals surface area contributed by atoms with Crippen LogP contribution in [0.5, 0.6) is 11.5 Å². The van der Waals surface area contributed by atoms with Crippen LogP contribution in [-0.4, -0.2) is 25.3 Å². The van der Waals surface area contributed by atoms with Crippen molar-refractivity contribution in [1.82, 2.24) is 5.32 Å². The molecule has 0 unspecified atom stereocenters. The maximum Gasteiger partial charge on any atom is 0.165 e. The Bertz CT molecular complexity index is 388. The Kier molecular flexibility index (Phi) is 3.57. The second-order valence-electron chi connectivity index (χ2n) is 4.98. The van der Waals surface area contributed by atoms with Crippen molar-refractivity contribution in [2.24, 2.45) is 0 Å². The van der Waals surface area contributed by atoms with Gasteiger partial charge in [-0.1, -0.05) is 19.1 Å². The van der Waals surface area contributed by atoms with Crippen LogP contribution in [-0.2, 0) is 6.42 Å². The Morgan fingerprint density at radius 2 is 2.24 bits per heavy atom. The highest BCUT2D eigenvalue weighted by Gasteiger charge is 2.32. The number of ether oxygens (including phenoxy) is 2. The number of hydrogen-bond acceptors (Lipinski definition) is 3. The molecule has 1 aliphatic rings. The molecule has 94 valence electrons. The molecule has 1 aromatic rings. The number of benzene rings is 1. The van der Waals surface area contributed by atoms with Gasteiger partial charge in [0.25, 0.3) is 0 Å². The van der Waals surface area contributed by atoms with E-state index in [1.807, 2.05) is 12.1 Å². The van der Waals surface area contributed by atoms with Crippen LogP contribution in [0.3, 0.4) is 0 Å². The highest BCUT2D eigenvalue weighted by Crippen LogP contribution is 2.41. The van der Waals surface area contributed by atoms with E-state index in [1.165, 1.54) is 5.56 Å². The molecular formula is C14H21NO2. The fourth-order valence-electron chi connectivity index (χ4n) is 2.11. The molecule has 3 heteroatoms. The highest BCUT2D eigenvalue weighted by molar-refractivity contribution is 5.50. The van der Waals surface area contributed by atoms with E-state index in [1.54, 1.807) is 0 Å². The van der Waals surface area contributed by atoms with Gasteiger partial charge in [0.1, 0.15) is 12.2 Å². The van der Waals surface area contributed by atoms with E-state index in [-0.39, 0.29) is 5.60 Å². The number of para-hydroxylation sites is 1. The van der Waals surface area contributed by atoms with Gasteiger partial charge < -0.3 is 14.8 Å². The van der Waals surface area contributed by atoms with E-state index in [2.05, 4.69) is 32.2 Å². The fourth-order valence-corrected chi connectivity index (χ4v) is 2.11. The lowest BCUT2D eigenvalue weighted by Gasteiger charge is -2.18. The SMILES string of the molecule is CCNCCOc1cccc2c1OC(C)(C)C2. The van der Waals surface area contributed by atoms with E-state index < -0.39 is 0 Å². The molecule has 1 aliphatic heterocycles. The molecule has 0 amide bonds. The molecule has 0 radical (unpaired) electrons. The van der Waals surface area contributed by atoms with Crippen LogP contribution in [0.4, 0.5) is 0 Å². The molecule has 1 aromatic carbocycles. The third-order valence-corrected chi connectivity index (χ3v) is 2.84. The standard InChI is InChI=1S/C14H21NO2/c1-4-15-8-9-16-12-7-5-6-11-10-14(2,3)17-13(11)12/h5-7,15H,4,8-10H2,1-3H3. The Hall–Kier alpha value is -1.22. The Labute approximate surface area is 103 Å². The van der Waals surface area contributed by atoms with Crippen LogP contribution in [0, 0.1) is 0 Å². The molecule has 2 rings (SSSR count). The zero-order chi connectivity index (χ0) is 12.3. The summed E-state index contributed by atoms with van der Waals surface area (Å²) in [6, 6.07) is 6.12. The van der Waals surface area contributed by atoms with Gasteiger partial charge >= 0.3 is 0 Å². The van der Waals surface area contributed by atoms with E-state index in [4.69, 9.17) is 9.47 Å². The van der Waals surface area contributed by atoms with Gasteiger partial charge in [0.15, 0.2) is 11.5 Å². The molecule has 0 bridgehead atoms. The second-order valence-corrected chi connectivity index (χ2v) is 4.98. The molecular weight excluding hydrogens is 214 g/mol. The van der Waals surface area contributed by atoms with Crippen molar-refractivity contribution in [2.75, 3.05) is 19.7 Å². The number of hydrogen-bond donors (Lipinski definition) is 1. The molecule has 0 fully saturated rings. The van der Waals surface area contributed by atoms with E-state index in [9.17, 15) is 0 Å². The molecule has 0 saturated heterocycles. The first-order valence-corrected chi connectivity index (χ1v) is 6.27. The average Bonchev–Trinajstić information content (AvgIpc) is 2.59. The molecule has 1 N–H and O–H groups in total. The predicted molar refractivity (Wildman–Crippen MR) is 68.9 cm³/mol. The van der Waals surface area contributed by atoms with Crippen LogP contribution in [0.2, 0.25) is 0 Å². The minimum Gasteiger partial charge on any atom is -0.488 e. The van der Waals surface area contributed by atoms with Crippen molar-refractivity contribution in [1.29, 1.82) is 0 Å². The van der Waals surface area contributed by atoms with Crippen LogP contribution >= 0.6 is 0 Å². The third-order valence-electron chi connectivity index (χ3n) is 2.84. The zero-order valence-corrected chi connectivity index (χ0v) is 10.9. The Balaban J connectivity index is 2.03. The zero-order valence-electron chi connectivity index (χ0n) is 10.9. The largest absolute Gasteiger partial charge is 0.488 e. The highest BCUT2D eigenvalue weighted by atomic mass is 16.5. The molecule has 0 aromatic heterocycles. The average molecular weight is 235 g/mol. The summed E-state index contributed by atoms with van der Waals surface area (Å²) in [5.41, 5.74) is 1.14. The third kappa shape index (κ3) is 2.91. The minimum atomic E-state index is -0.108.